The Bertz CT molecular complexity index is 994. The second-order valence-corrected chi connectivity index (χ2v) is 9.92. The summed E-state index contributed by atoms with van der Waals surface area (Å²) >= 11 is 1.74. The molecule has 1 aromatic carbocycles. The van der Waals surface area contributed by atoms with Gasteiger partial charge in [0.2, 0.25) is 0 Å². The topological polar surface area (TPSA) is 60.5 Å². The van der Waals surface area contributed by atoms with Gasteiger partial charge in [0.1, 0.15) is 11.4 Å². The zero-order valence-electron chi connectivity index (χ0n) is 19.6. The normalized spacial score (nSPS) is 21.6. The van der Waals surface area contributed by atoms with Crippen LogP contribution in [0.2, 0.25) is 0 Å². The highest BCUT2D eigenvalue weighted by atomic mass is 32.2. The number of aromatic amines is 1. The van der Waals surface area contributed by atoms with Crippen molar-refractivity contribution < 1.29 is 4.79 Å². The molecule has 0 bridgehead atoms. The molecule has 2 aromatic rings. The van der Waals surface area contributed by atoms with E-state index in [9.17, 15) is 4.79 Å². The number of aromatic nitrogens is 1. The predicted molar refractivity (Wildman–Crippen MR) is 137 cm³/mol. The van der Waals surface area contributed by atoms with E-state index < -0.39 is 5.54 Å². The third-order valence-corrected chi connectivity index (χ3v) is 7.75. The van der Waals surface area contributed by atoms with Gasteiger partial charge in [-0.15, -0.1) is 0 Å². The highest BCUT2D eigenvalue weighted by Gasteiger charge is 2.46. The van der Waals surface area contributed by atoms with Gasteiger partial charge in [0.05, 0.1) is 0 Å². The van der Waals surface area contributed by atoms with Crippen LogP contribution in [0.4, 0.5) is 0 Å². The molecule has 6 heteroatoms. The molecule has 2 N–H and O–H groups in total. The Morgan fingerprint density at radius 1 is 1.16 bits per heavy atom. The fraction of sp³-hybridized carbons (Fsp3) is 0.538. The Morgan fingerprint density at radius 2 is 1.91 bits per heavy atom. The molecule has 0 radical (unpaired) electrons. The number of hydrogen-bond acceptors (Lipinski definition) is 4. The molecular formula is C26H36N4OS. The van der Waals surface area contributed by atoms with E-state index >= 15 is 0 Å². The van der Waals surface area contributed by atoms with Gasteiger partial charge in [0.25, 0.3) is 5.91 Å². The molecule has 3 aliphatic rings. The summed E-state index contributed by atoms with van der Waals surface area (Å²) in [5, 5.41) is 6.58. The van der Waals surface area contributed by atoms with Crippen LogP contribution in [0, 0.1) is 12.8 Å². The van der Waals surface area contributed by atoms with Crippen molar-refractivity contribution in [2.24, 2.45) is 10.9 Å². The summed E-state index contributed by atoms with van der Waals surface area (Å²) < 4.78 is 2.35. The average Bonchev–Trinajstić information content (AvgIpc) is 3.37. The average molecular weight is 453 g/mol. The van der Waals surface area contributed by atoms with Gasteiger partial charge in [0.15, 0.2) is 0 Å². The lowest BCUT2D eigenvalue weighted by molar-refractivity contribution is -0.124. The molecule has 32 heavy (non-hydrogen) atoms. The number of nitrogens with one attached hydrogen (secondary N) is 2. The second kappa shape index (κ2) is 10.3. The van der Waals surface area contributed by atoms with E-state index in [0.29, 0.717) is 5.92 Å². The molecule has 1 amide bonds. The van der Waals surface area contributed by atoms with Crippen molar-refractivity contribution in [3.8, 4) is 0 Å². The first-order valence-electron chi connectivity index (χ1n) is 12.2. The van der Waals surface area contributed by atoms with Crippen LogP contribution < -0.4 is 5.32 Å². The maximum absolute atomic E-state index is 12.8. The number of benzene rings is 1. The Hall–Kier alpha value is -2.05. The summed E-state index contributed by atoms with van der Waals surface area (Å²) in [6.45, 7) is 7.86. The lowest BCUT2D eigenvalue weighted by atomic mass is 9.88. The number of hydrogen-bond donors (Lipinski definition) is 2. The van der Waals surface area contributed by atoms with E-state index in [1.165, 1.54) is 54.3 Å². The highest BCUT2D eigenvalue weighted by molar-refractivity contribution is 8.00. The van der Waals surface area contributed by atoms with Gasteiger partial charge in [-0.25, -0.2) is 4.31 Å². The number of fused-ring (bicyclic) bond motifs is 1. The van der Waals surface area contributed by atoms with E-state index in [1.807, 2.05) is 13.8 Å². The van der Waals surface area contributed by atoms with Crippen LogP contribution in [0.1, 0.15) is 70.1 Å². The van der Waals surface area contributed by atoms with Crippen LogP contribution in [0.25, 0.3) is 17.0 Å². The van der Waals surface area contributed by atoms with Crippen LogP contribution in [-0.4, -0.2) is 39.7 Å². The predicted octanol–water partition coefficient (Wildman–Crippen LogP) is 6.06. The molecule has 3 heterocycles. The molecule has 1 aromatic heterocycles. The SMILES string of the molecule is CC.Cc1cc2c(/C=C/SN3CCC4(CC3)N=C(C3CCCCC3)NC4=O)cccc2[nH]1. The van der Waals surface area contributed by atoms with Crippen molar-refractivity contribution in [1.82, 2.24) is 14.6 Å². The fourth-order valence-corrected chi connectivity index (χ4v) is 5.84. The third kappa shape index (κ3) is 4.81. The first kappa shape index (κ1) is 23.1. The molecule has 1 saturated carbocycles. The second-order valence-electron chi connectivity index (χ2n) is 8.92. The monoisotopic (exact) mass is 452 g/mol. The zero-order chi connectivity index (χ0) is 22.6. The Balaban J connectivity index is 0.00000119. The summed E-state index contributed by atoms with van der Waals surface area (Å²) in [6, 6.07) is 8.56. The van der Waals surface area contributed by atoms with E-state index in [4.69, 9.17) is 4.99 Å². The van der Waals surface area contributed by atoms with Crippen molar-refractivity contribution >= 4 is 40.7 Å². The maximum Gasteiger partial charge on any atom is 0.253 e. The minimum absolute atomic E-state index is 0.137. The van der Waals surface area contributed by atoms with E-state index in [2.05, 4.69) is 57.3 Å². The van der Waals surface area contributed by atoms with Crippen LogP contribution in [-0.2, 0) is 4.79 Å². The van der Waals surface area contributed by atoms with Crippen molar-refractivity contribution in [3.63, 3.8) is 0 Å². The number of rotatable bonds is 4. The number of amides is 1. The number of aliphatic imine (C=N–C) groups is 1. The Morgan fingerprint density at radius 3 is 2.66 bits per heavy atom. The molecule has 1 saturated heterocycles. The zero-order valence-corrected chi connectivity index (χ0v) is 20.4. The lowest BCUT2D eigenvalue weighted by Crippen LogP contribution is -2.47. The van der Waals surface area contributed by atoms with Crippen LogP contribution in [0.5, 0.6) is 0 Å². The summed E-state index contributed by atoms with van der Waals surface area (Å²) in [7, 11) is 0. The van der Waals surface area contributed by atoms with Gasteiger partial charge >= 0.3 is 0 Å². The molecule has 1 spiro atoms. The Kier molecular flexibility index (Phi) is 7.41. The minimum Gasteiger partial charge on any atom is -0.359 e. The Labute approximate surface area is 196 Å². The van der Waals surface area contributed by atoms with Gasteiger partial charge in [-0.3, -0.25) is 9.79 Å². The summed E-state index contributed by atoms with van der Waals surface area (Å²) in [5.74, 6) is 1.59. The minimum atomic E-state index is -0.512. The summed E-state index contributed by atoms with van der Waals surface area (Å²) in [5.41, 5.74) is 3.08. The number of nitrogens with zero attached hydrogens (tertiary/aromatic N) is 2. The molecule has 2 fully saturated rings. The molecule has 0 unspecified atom stereocenters. The molecule has 2 aliphatic heterocycles. The van der Waals surface area contributed by atoms with Crippen molar-refractivity contribution in [3.05, 3.63) is 40.9 Å². The number of amidine groups is 1. The number of carbonyl (C=O) groups is 1. The molecule has 5 nitrogen and oxygen atoms in total. The quantitative estimate of drug-likeness (QED) is 0.554. The van der Waals surface area contributed by atoms with Crippen molar-refractivity contribution in [2.75, 3.05) is 13.1 Å². The molecular weight excluding hydrogens is 416 g/mol. The van der Waals surface area contributed by atoms with E-state index in [-0.39, 0.29) is 5.91 Å². The number of carbonyl (C=O) groups excluding carboxylic acids is 1. The highest BCUT2D eigenvalue weighted by Crippen LogP contribution is 2.36. The summed E-state index contributed by atoms with van der Waals surface area (Å²) in [4.78, 5) is 21.1. The van der Waals surface area contributed by atoms with Gasteiger partial charge in [-0.2, -0.15) is 0 Å². The standard InChI is InChI=1S/C24H30N4OS.C2H6/c1-17-16-20-18(8-5-9-21(20)25-17)10-15-30-28-13-11-24(12-14-28)23(29)26-22(27-24)19-6-3-2-4-7-19;1-2/h5,8-10,15-16,19,25H,2-4,6-7,11-14H2,1H3,(H,26,27,29);1-2H3/b15-10+;. The molecule has 0 atom stereocenters. The maximum atomic E-state index is 12.8. The van der Waals surface area contributed by atoms with E-state index in [0.717, 1.165) is 31.8 Å². The van der Waals surface area contributed by atoms with Gasteiger partial charge < -0.3 is 10.3 Å². The van der Waals surface area contributed by atoms with Gasteiger partial charge in [-0.1, -0.05) is 57.2 Å². The number of H-pyrrole nitrogens is 1. The fourth-order valence-electron chi connectivity index (χ4n) is 5.07. The molecule has 5 rings (SSSR count). The first-order valence-corrected chi connectivity index (χ1v) is 13.0. The van der Waals surface area contributed by atoms with Crippen molar-refractivity contribution in [1.29, 1.82) is 0 Å². The first-order chi connectivity index (χ1) is 15.6. The number of piperidine rings is 1. The number of aryl methyl sites for hydroxylation is 1. The molecule has 1 aliphatic carbocycles. The third-order valence-electron chi connectivity index (χ3n) is 6.83. The van der Waals surface area contributed by atoms with Gasteiger partial charge in [-0.05, 0) is 61.8 Å². The lowest BCUT2D eigenvalue weighted by Gasteiger charge is -2.34. The van der Waals surface area contributed by atoms with Crippen molar-refractivity contribution in [2.45, 2.75) is 71.3 Å². The van der Waals surface area contributed by atoms with Gasteiger partial charge in [0, 0.05) is 35.6 Å². The summed E-state index contributed by atoms with van der Waals surface area (Å²) in [6.07, 6.45) is 10.0. The largest absolute Gasteiger partial charge is 0.359 e. The van der Waals surface area contributed by atoms with Crippen LogP contribution in [0.3, 0.4) is 0 Å². The smallest absolute Gasteiger partial charge is 0.253 e. The van der Waals surface area contributed by atoms with Crippen LogP contribution >= 0.6 is 11.9 Å². The van der Waals surface area contributed by atoms with Crippen LogP contribution in [0.15, 0.2) is 34.7 Å². The molecule has 172 valence electrons. The van der Waals surface area contributed by atoms with E-state index in [1.54, 1.807) is 11.9 Å².